The summed E-state index contributed by atoms with van der Waals surface area (Å²) >= 11 is 0. The van der Waals surface area contributed by atoms with Crippen molar-refractivity contribution in [3.8, 4) is 11.5 Å². The van der Waals surface area contributed by atoms with E-state index in [1.165, 1.54) is 0 Å². The number of carbonyl (C=O) groups is 1. The average Bonchev–Trinajstić information content (AvgIpc) is 2.73. The lowest BCUT2D eigenvalue weighted by Crippen LogP contribution is -2.17. The number of rotatable bonds is 4. The highest BCUT2D eigenvalue weighted by molar-refractivity contribution is 5.90. The summed E-state index contributed by atoms with van der Waals surface area (Å²) in [5.41, 5.74) is 0. The Morgan fingerprint density at radius 2 is 1.84 bits per heavy atom. The van der Waals surface area contributed by atoms with Crippen molar-refractivity contribution in [3.05, 3.63) is 35.8 Å². The molecule has 2 heterocycles. The van der Waals surface area contributed by atoms with Crippen LogP contribution < -0.4 is 9.47 Å². The summed E-state index contributed by atoms with van der Waals surface area (Å²) < 4.78 is 16.7. The van der Waals surface area contributed by atoms with Gasteiger partial charge in [0, 0.05) is 0 Å². The number of benzene rings is 1. The van der Waals surface area contributed by atoms with E-state index in [1.807, 2.05) is 18.2 Å². The number of cyclic esters (lactones) is 1. The van der Waals surface area contributed by atoms with Crippen molar-refractivity contribution in [2.24, 2.45) is 0 Å². The van der Waals surface area contributed by atoms with Gasteiger partial charge in [-0.05, 0) is 25.0 Å². The van der Waals surface area contributed by atoms with E-state index in [1.54, 1.807) is 6.07 Å². The van der Waals surface area contributed by atoms with Gasteiger partial charge in [0.05, 0.1) is 0 Å². The minimum Gasteiger partial charge on any atom is -0.450 e. The van der Waals surface area contributed by atoms with Crippen molar-refractivity contribution in [2.75, 3.05) is 0 Å². The molecule has 2 aliphatic heterocycles. The van der Waals surface area contributed by atoms with Gasteiger partial charge in [-0.25, -0.2) is 4.79 Å². The Morgan fingerprint density at radius 3 is 2.58 bits per heavy atom. The van der Waals surface area contributed by atoms with Gasteiger partial charge >= 0.3 is 5.97 Å². The molecular formula is C15H16O4. The zero-order valence-corrected chi connectivity index (χ0v) is 10.8. The fourth-order valence-electron chi connectivity index (χ4n) is 2.30. The Labute approximate surface area is 112 Å². The second-order valence-electron chi connectivity index (χ2n) is 4.73. The summed E-state index contributed by atoms with van der Waals surface area (Å²) in [5.74, 6) is 1.51. The molecule has 3 rings (SSSR count). The molecule has 0 aliphatic carbocycles. The van der Waals surface area contributed by atoms with Crippen molar-refractivity contribution in [1.29, 1.82) is 0 Å². The van der Waals surface area contributed by atoms with Gasteiger partial charge in [0.15, 0.2) is 23.4 Å². The maximum atomic E-state index is 11.8. The summed E-state index contributed by atoms with van der Waals surface area (Å²) in [7, 11) is 0. The first-order valence-corrected chi connectivity index (χ1v) is 6.69. The Morgan fingerprint density at radius 1 is 1.11 bits per heavy atom. The van der Waals surface area contributed by atoms with Crippen LogP contribution >= 0.6 is 0 Å². The highest BCUT2D eigenvalue weighted by Gasteiger charge is 2.41. The van der Waals surface area contributed by atoms with Gasteiger partial charge in [-0.3, -0.25) is 0 Å². The molecule has 1 unspecified atom stereocenters. The third-order valence-corrected chi connectivity index (χ3v) is 3.30. The topological polar surface area (TPSA) is 44.8 Å². The van der Waals surface area contributed by atoms with E-state index in [-0.39, 0.29) is 11.9 Å². The average molecular weight is 260 g/mol. The summed E-state index contributed by atoms with van der Waals surface area (Å²) in [6, 6.07) is 7.31. The Balaban J connectivity index is 1.80. The van der Waals surface area contributed by atoms with Crippen molar-refractivity contribution < 1.29 is 19.0 Å². The zero-order valence-electron chi connectivity index (χ0n) is 10.8. The molecule has 0 radical (unpaired) electrons. The predicted octanol–water partition coefficient (Wildman–Crippen LogP) is 3.18. The lowest BCUT2D eigenvalue weighted by atomic mass is 10.1. The first-order chi connectivity index (χ1) is 9.29. The fraction of sp³-hybridized carbons (Fsp3) is 0.400. The largest absolute Gasteiger partial charge is 0.450 e. The number of carbonyl (C=O) groups excluding carboxylic acids is 1. The maximum Gasteiger partial charge on any atom is 0.378 e. The monoisotopic (exact) mass is 260 g/mol. The second kappa shape index (κ2) is 4.96. The van der Waals surface area contributed by atoms with Crippen LogP contribution in [0.5, 0.6) is 11.5 Å². The maximum absolute atomic E-state index is 11.8. The highest BCUT2D eigenvalue weighted by Crippen LogP contribution is 2.40. The minimum absolute atomic E-state index is 0.209. The van der Waals surface area contributed by atoms with E-state index in [9.17, 15) is 4.79 Å². The molecule has 0 spiro atoms. The van der Waals surface area contributed by atoms with Crippen LogP contribution in [0.2, 0.25) is 0 Å². The molecular weight excluding hydrogens is 244 g/mol. The molecule has 0 fully saturated rings. The van der Waals surface area contributed by atoms with Crippen LogP contribution in [0.15, 0.2) is 35.8 Å². The molecule has 0 N–H and O–H groups in total. The molecule has 1 aromatic carbocycles. The molecule has 0 saturated carbocycles. The Bertz CT molecular complexity index is 533. The fourth-order valence-corrected chi connectivity index (χ4v) is 2.30. The molecule has 19 heavy (non-hydrogen) atoms. The van der Waals surface area contributed by atoms with Gasteiger partial charge in [0.2, 0.25) is 0 Å². The molecule has 1 atom stereocenters. The van der Waals surface area contributed by atoms with Crippen LogP contribution in [0.25, 0.3) is 0 Å². The third-order valence-electron chi connectivity index (χ3n) is 3.30. The van der Waals surface area contributed by atoms with E-state index in [4.69, 9.17) is 14.2 Å². The van der Waals surface area contributed by atoms with E-state index in [2.05, 4.69) is 6.92 Å². The van der Waals surface area contributed by atoms with Crippen LogP contribution in [0.4, 0.5) is 0 Å². The second-order valence-corrected chi connectivity index (χ2v) is 4.73. The molecule has 0 bridgehead atoms. The molecule has 0 saturated heterocycles. The van der Waals surface area contributed by atoms with Crippen molar-refractivity contribution >= 4 is 5.97 Å². The number of para-hydroxylation sites is 2. The summed E-state index contributed by atoms with van der Waals surface area (Å²) in [5, 5.41) is 0. The van der Waals surface area contributed by atoms with Crippen LogP contribution in [0, 0.1) is 0 Å². The number of hydrogen-bond acceptors (Lipinski definition) is 4. The molecule has 2 aliphatic rings. The van der Waals surface area contributed by atoms with Crippen molar-refractivity contribution in [3.63, 3.8) is 0 Å². The Kier molecular flexibility index (Phi) is 3.15. The van der Waals surface area contributed by atoms with Gasteiger partial charge in [-0.15, -0.1) is 0 Å². The first-order valence-electron chi connectivity index (χ1n) is 6.69. The summed E-state index contributed by atoms with van der Waals surface area (Å²) in [6.07, 6.45) is 3.74. The van der Waals surface area contributed by atoms with Crippen LogP contribution in [-0.2, 0) is 9.53 Å². The first kappa shape index (κ1) is 12.1. The number of ether oxygens (including phenoxy) is 3. The summed E-state index contributed by atoms with van der Waals surface area (Å²) in [6.45, 7) is 2.14. The van der Waals surface area contributed by atoms with Crippen molar-refractivity contribution in [1.82, 2.24) is 0 Å². The number of unbranched alkanes of at least 4 members (excludes halogenated alkanes) is 2. The van der Waals surface area contributed by atoms with E-state index < -0.39 is 5.97 Å². The number of esters is 1. The van der Waals surface area contributed by atoms with E-state index in [0.717, 1.165) is 25.7 Å². The van der Waals surface area contributed by atoms with Crippen LogP contribution in [-0.4, -0.2) is 12.1 Å². The standard InChI is InChI=1S/C15H16O4/c1-2-3-4-9-12-13-14(15(16)19-12)18-11-8-6-5-7-10(11)17-13/h5-8,12H,2-4,9H2,1H3. The summed E-state index contributed by atoms with van der Waals surface area (Å²) in [4.78, 5) is 11.8. The van der Waals surface area contributed by atoms with E-state index in [0.29, 0.717) is 17.3 Å². The normalized spacial score (nSPS) is 20.3. The lowest BCUT2D eigenvalue weighted by molar-refractivity contribution is -0.142. The van der Waals surface area contributed by atoms with Crippen molar-refractivity contribution in [2.45, 2.75) is 38.7 Å². The minimum atomic E-state index is -0.425. The number of hydrogen-bond donors (Lipinski definition) is 0. The van der Waals surface area contributed by atoms with Gasteiger partial charge in [-0.2, -0.15) is 0 Å². The van der Waals surface area contributed by atoms with Gasteiger partial charge in [0.1, 0.15) is 0 Å². The van der Waals surface area contributed by atoms with Gasteiger partial charge < -0.3 is 14.2 Å². The van der Waals surface area contributed by atoms with Crippen LogP contribution in [0.3, 0.4) is 0 Å². The molecule has 4 nitrogen and oxygen atoms in total. The zero-order chi connectivity index (χ0) is 13.2. The van der Waals surface area contributed by atoms with E-state index >= 15 is 0 Å². The molecule has 4 heteroatoms. The number of fused-ring (bicyclic) bond motifs is 1. The molecule has 1 aromatic rings. The van der Waals surface area contributed by atoms with Gasteiger partial charge in [0.25, 0.3) is 5.76 Å². The smallest absolute Gasteiger partial charge is 0.378 e. The van der Waals surface area contributed by atoms with Gasteiger partial charge in [-0.1, -0.05) is 31.9 Å². The SMILES string of the molecule is CCCCCC1OC(=O)C2=C1Oc1ccccc1O2. The highest BCUT2D eigenvalue weighted by atomic mass is 16.6. The molecule has 100 valence electrons. The quantitative estimate of drug-likeness (QED) is 0.616. The molecule has 0 aromatic heterocycles. The Hall–Kier alpha value is -1.97. The predicted molar refractivity (Wildman–Crippen MR) is 68.7 cm³/mol. The third kappa shape index (κ3) is 2.18. The lowest BCUT2D eigenvalue weighted by Gasteiger charge is -2.19. The van der Waals surface area contributed by atoms with Crippen LogP contribution in [0.1, 0.15) is 32.6 Å². The molecule has 0 amide bonds.